The van der Waals surface area contributed by atoms with Crippen molar-refractivity contribution in [3.05, 3.63) is 65.5 Å². The second kappa shape index (κ2) is 8.98. The van der Waals surface area contributed by atoms with Crippen LogP contribution in [0.2, 0.25) is 0 Å². The minimum absolute atomic E-state index is 0.350. The van der Waals surface area contributed by atoms with E-state index in [0.717, 1.165) is 18.3 Å². The van der Waals surface area contributed by atoms with Crippen LogP contribution in [0.4, 0.5) is 4.39 Å². The van der Waals surface area contributed by atoms with Crippen molar-refractivity contribution in [3.63, 3.8) is 0 Å². The molecule has 138 valence electrons. The lowest BCUT2D eigenvalue weighted by atomic mass is 9.78. The number of aryl methyl sites for hydroxylation is 1. The molecule has 1 aliphatic rings. The number of carbonyl (C=O) groups excluding carboxylic acids is 1. The molecule has 26 heavy (non-hydrogen) atoms. The van der Waals surface area contributed by atoms with Gasteiger partial charge >= 0.3 is 5.97 Å². The predicted molar refractivity (Wildman–Crippen MR) is 102 cm³/mol. The first kappa shape index (κ1) is 18.6. The second-order valence-electron chi connectivity index (χ2n) is 7.37. The molecule has 3 heteroatoms. The number of hydrogen-bond donors (Lipinski definition) is 0. The van der Waals surface area contributed by atoms with Gasteiger partial charge in [-0.05, 0) is 66.6 Å². The van der Waals surface area contributed by atoms with Crippen molar-refractivity contribution in [2.75, 3.05) is 0 Å². The van der Waals surface area contributed by atoms with E-state index in [1.165, 1.54) is 68.4 Å². The topological polar surface area (TPSA) is 26.3 Å². The van der Waals surface area contributed by atoms with Crippen molar-refractivity contribution in [2.24, 2.45) is 11.8 Å². The third-order valence-electron chi connectivity index (χ3n) is 5.60. The molecule has 0 spiro atoms. The van der Waals surface area contributed by atoms with E-state index in [1.54, 1.807) is 0 Å². The van der Waals surface area contributed by atoms with Gasteiger partial charge < -0.3 is 4.74 Å². The number of carbonyl (C=O) groups is 1. The second-order valence-corrected chi connectivity index (χ2v) is 7.37. The predicted octanol–water partition coefficient (Wildman–Crippen LogP) is 6.19. The molecule has 3 rings (SSSR count). The smallest absolute Gasteiger partial charge is 0.343 e. The van der Waals surface area contributed by atoms with Gasteiger partial charge in [0.1, 0.15) is 11.6 Å². The first-order valence-electron chi connectivity index (χ1n) is 9.70. The van der Waals surface area contributed by atoms with Crippen molar-refractivity contribution in [2.45, 2.75) is 51.9 Å². The number of benzene rings is 2. The van der Waals surface area contributed by atoms with E-state index in [2.05, 4.69) is 6.92 Å². The lowest BCUT2D eigenvalue weighted by Crippen LogP contribution is -2.14. The number of esters is 1. The summed E-state index contributed by atoms with van der Waals surface area (Å²) in [7, 11) is 0. The van der Waals surface area contributed by atoms with Gasteiger partial charge in [-0.3, -0.25) is 0 Å². The van der Waals surface area contributed by atoms with E-state index in [1.807, 2.05) is 24.3 Å². The fraction of sp³-hybridized carbons (Fsp3) is 0.435. The number of rotatable bonds is 6. The lowest BCUT2D eigenvalue weighted by molar-refractivity contribution is 0.0734. The zero-order valence-corrected chi connectivity index (χ0v) is 15.4. The maximum absolute atomic E-state index is 12.9. The van der Waals surface area contributed by atoms with Gasteiger partial charge in [0.15, 0.2) is 0 Å². The Hall–Kier alpha value is -2.16. The molecule has 1 fully saturated rings. The van der Waals surface area contributed by atoms with Crippen LogP contribution in [-0.4, -0.2) is 5.97 Å². The van der Waals surface area contributed by atoms with E-state index in [9.17, 15) is 9.18 Å². The highest BCUT2D eigenvalue weighted by atomic mass is 19.1. The van der Waals surface area contributed by atoms with Crippen LogP contribution in [0.25, 0.3) is 0 Å². The molecule has 1 aliphatic carbocycles. The van der Waals surface area contributed by atoms with Crippen LogP contribution in [0.3, 0.4) is 0 Å². The summed E-state index contributed by atoms with van der Waals surface area (Å²) in [5.41, 5.74) is 1.78. The van der Waals surface area contributed by atoms with Gasteiger partial charge in [-0.1, -0.05) is 51.2 Å². The van der Waals surface area contributed by atoms with Gasteiger partial charge in [0.2, 0.25) is 0 Å². The van der Waals surface area contributed by atoms with Crippen molar-refractivity contribution < 1.29 is 13.9 Å². The first-order chi connectivity index (χ1) is 12.6. The zero-order chi connectivity index (χ0) is 18.4. The SMILES string of the molecule is CCC1CCC(CCc2ccc(C(=O)Oc3ccc(F)cc3)cc2)CC1. The molecule has 0 atom stereocenters. The Morgan fingerprint density at radius 2 is 1.58 bits per heavy atom. The number of ether oxygens (including phenoxy) is 1. The molecule has 1 saturated carbocycles. The molecule has 0 aliphatic heterocycles. The summed E-state index contributed by atoms with van der Waals surface area (Å²) in [4.78, 5) is 12.2. The third kappa shape index (κ3) is 5.17. The van der Waals surface area contributed by atoms with Crippen LogP contribution in [0.15, 0.2) is 48.5 Å². The van der Waals surface area contributed by atoms with Crippen LogP contribution in [0.5, 0.6) is 5.75 Å². The van der Waals surface area contributed by atoms with E-state index in [4.69, 9.17) is 4.74 Å². The Kier molecular flexibility index (Phi) is 6.43. The number of halogens is 1. The van der Waals surface area contributed by atoms with Gasteiger partial charge in [0.05, 0.1) is 5.56 Å². The van der Waals surface area contributed by atoms with Crippen molar-refractivity contribution in [1.82, 2.24) is 0 Å². The van der Waals surface area contributed by atoms with Crippen LogP contribution >= 0.6 is 0 Å². The summed E-state index contributed by atoms with van der Waals surface area (Å²) < 4.78 is 18.2. The van der Waals surface area contributed by atoms with Crippen molar-refractivity contribution in [3.8, 4) is 5.75 Å². The fourth-order valence-corrected chi connectivity index (χ4v) is 3.78. The summed E-state index contributed by atoms with van der Waals surface area (Å²) in [6, 6.07) is 13.1. The van der Waals surface area contributed by atoms with Crippen molar-refractivity contribution >= 4 is 5.97 Å². The minimum Gasteiger partial charge on any atom is -0.423 e. The van der Waals surface area contributed by atoms with Gasteiger partial charge in [-0.25, -0.2) is 9.18 Å². The quantitative estimate of drug-likeness (QED) is 0.456. The maximum Gasteiger partial charge on any atom is 0.343 e. The molecule has 0 unspecified atom stereocenters. The van der Waals surface area contributed by atoms with E-state index >= 15 is 0 Å². The summed E-state index contributed by atoms with van der Waals surface area (Å²) in [5.74, 6) is 1.38. The van der Waals surface area contributed by atoms with E-state index in [-0.39, 0.29) is 5.82 Å². The van der Waals surface area contributed by atoms with Gasteiger partial charge in [-0.15, -0.1) is 0 Å². The van der Waals surface area contributed by atoms with Crippen molar-refractivity contribution in [1.29, 1.82) is 0 Å². The maximum atomic E-state index is 12.9. The average molecular weight is 354 g/mol. The van der Waals surface area contributed by atoms with Gasteiger partial charge in [-0.2, -0.15) is 0 Å². The molecule has 0 aromatic heterocycles. The van der Waals surface area contributed by atoms with Crippen LogP contribution in [0, 0.1) is 17.7 Å². The monoisotopic (exact) mass is 354 g/mol. The molecule has 0 heterocycles. The summed E-state index contributed by atoms with van der Waals surface area (Å²) in [6.45, 7) is 2.30. The third-order valence-corrected chi connectivity index (χ3v) is 5.60. The number of hydrogen-bond acceptors (Lipinski definition) is 2. The average Bonchev–Trinajstić information content (AvgIpc) is 2.69. The summed E-state index contributed by atoms with van der Waals surface area (Å²) >= 11 is 0. The highest BCUT2D eigenvalue weighted by Gasteiger charge is 2.19. The van der Waals surface area contributed by atoms with E-state index in [0.29, 0.717) is 11.3 Å². The summed E-state index contributed by atoms with van der Waals surface area (Å²) in [5, 5.41) is 0. The van der Waals surface area contributed by atoms with Crippen LogP contribution in [0.1, 0.15) is 61.4 Å². The van der Waals surface area contributed by atoms with Gasteiger partial charge in [0, 0.05) is 0 Å². The Balaban J connectivity index is 1.48. The first-order valence-corrected chi connectivity index (χ1v) is 9.70. The summed E-state index contributed by atoms with van der Waals surface area (Å²) in [6.07, 6.45) is 9.11. The normalized spacial score (nSPS) is 19.9. The Labute approximate surface area is 155 Å². The molecule has 0 bridgehead atoms. The zero-order valence-electron chi connectivity index (χ0n) is 15.4. The highest BCUT2D eigenvalue weighted by molar-refractivity contribution is 5.91. The van der Waals surface area contributed by atoms with E-state index < -0.39 is 5.97 Å². The highest BCUT2D eigenvalue weighted by Crippen LogP contribution is 2.33. The molecule has 0 radical (unpaired) electrons. The minimum atomic E-state index is -0.416. The Bertz CT molecular complexity index is 698. The molecular formula is C23H27FO2. The molecule has 0 amide bonds. The fourth-order valence-electron chi connectivity index (χ4n) is 3.78. The molecule has 2 nitrogen and oxygen atoms in total. The largest absolute Gasteiger partial charge is 0.423 e. The Morgan fingerprint density at radius 1 is 0.962 bits per heavy atom. The molecule has 2 aromatic rings. The molecule has 0 N–H and O–H groups in total. The molecule has 2 aromatic carbocycles. The van der Waals surface area contributed by atoms with Crippen LogP contribution < -0.4 is 4.74 Å². The van der Waals surface area contributed by atoms with Crippen LogP contribution in [-0.2, 0) is 6.42 Å². The van der Waals surface area contributed by atoms with Gasteiger partial charge in [0.25, 0.3) is 0 Å². The molecule has 0 saturated heterocycles. The lowest BCUT2D eigenvalue weighted by Gasteiger charge is -2.27. The Morgan fingerprint density at radius 3 is 2.19 bits per heavy atom. The molecular weight excluding hydrogens is 327 g/mol. The standard InChI is InChI=1S/C23H27FO2/c1-2-17-3-5-18(6-4-17)7-8-19-9-11-20(12-10-19)23(25)26-22-15-13-21(24)14-16-22/h9-18H,2-8H2,1H3.